The molecule has 2 rings (SSSR count). The molecule has 0 radical (unpaired) electrons. The summed E-state index contributed by atoms with van der Waals surface area (Å²) in [5, 5.41) is 5.81. The number of nitrogens with two attached hydrogens (primary N) is 1. The molecule has 0 aromatic heterocycles. The lowest BCUT2D eigenvalue weighted by Crippen LogP contribution is -2.28. The van der Waals surface area contributed by atoms with E-state index in [9.17, 15) is 4.79 Å². The first-order chi connectivity index (χ1) is 11.0. The van der Waals surface area contributed by atoms with Gasteiger partial charge in [-0.2, -0.15) is 0 Å². The monoisotopic (exact) mass is 374 g/mol. The van der Waals surface area contributed by atoms with Gasteiger partial charge in [0.2, 0.25) is 0 Å². The average Bonchev–Trinajstić information content (AvgIpc) is 2.53. The highest BCUT2D eigenvalue weighted by molar-refractivity contribution is 9.10. The van der Waals surface area contributed by atoms with Crippen molar-refractivity contribution in [3.8, 4) is 0 Å². The first-order valence-electron chi connectivity index (χ1n) is 7.22. The second-order valence-corrected chi connectivity index (χ2v) is 5.94. The summed E-state index contributed by atoms with van der Waals surface area (Å²) in [5.74, 6) is 0.192. The summed E-state index contributed by atoms with van der Waals surface area (Å²) in [6, 6.07) is 15.1. The van der Waals surface area contributed by atoms with E-state index in [1.54, 1.807) is 12.1 Å². The molecule has 0 aliphatic carbocycles. The van der Waals surface area contributed by atoms with Crippen molar-refractivity contribution in [3.05, 3.63) is 64.1 Å². The molecule has 23 heavy (non-hydrogen) atoms. The van der Waals surface area contributed by atoms with Crippen molar-refractivity contribution in [2.75, 3.05) is 18.4 Å². The first-order valence-corrected chi connectivity index (χ1v) is 8.01. The van der Waals surface area contributed by atoms with Crippen molar-refractivity contribution in [1.82, 2.24) is 5.32 Å². The smallest absolute Gasteiger partial charge is 0.251 e. The third-order valence-electron chi connectivity index (χ3n) is 3.09. The van der Waals surface area contributed by atoms with E-state index in [2.05, 4.69) is 31.6 Å². The Morgan fingerprint density at radius 3 is 2.65 bits per heavy atom. The molecule has 120 valence electrons. The van der Waals surface area contributed by atoms with E-state index in [1.165, 1.54) is 5.56 Å². The summed E-state index contributed by atoms with van der Waals surface area (Å²) in [6.45, 7) is 2.85. The number of nitrogens with one attached hydrogen (secondary N) is 2. The Kier molecular flexibility index (Phi) is 6.17. The largest absolute Gasteiger partial charge is 0.370 e. The van der Waals surface area contributed by atoms with Crippen LogP contribution in [0.2, 0.25) is 0 Å². The Bertz CT molecular complexity index is 698. The number of aryl methyl sites for hydroxylation is 1. The van der Waals surface area contributed by atoms with E-state index < -0.39 is 0 Å². The fraction of sp³-hybridized carbons (Fsp3) is 0.176. The number of amides is 1. The van der Waals surface area contributed by atoms with Crippen molar-refractivity contribution in [2.45, 2.75) is 6.92 Å². The van der Waals surface area contributed by atoms with Crippen molar-refractivity contribution >= 4 is 33.5 Å². The molecule has 0 saturated heterocycles. The Morgan fingerprint density at radius 1 is 1.22 bits per heavy atom. The van der Waals surface area contributed by atoms with Crippen molar-refractivity contribution in [3.63, 3.8) is 0 Å². The van der Waals surface area contributed by atoms with E-state index in [-0.39, 0.29) is 5.91 Å². The molecule has 4 N–H and O–H groups in total. The van der Waals surface area contributed by atoms with E-state index in [1.807, 2.05) is 43.3 Å². The van der Waals surface area contributed by atoms with E-state index in [0.29, 0.717) is 24.6 Å². The molecule has 0 fully saturated rings. The molecule has 0 aliphatic heterocycles. The van der Waals surface area contributed by atoms with Gasteiger partial charge in [-0.3, -0.25) is 9.79 Å². The molecule has 0 atom stereocenters. The molecule has 0 heterocycles. The lowest BCUT2D eigenvalue weighted by atomic mass is 10.2. The number of nitrogens with zero attached hydrogens (tertiary/aromatic N) is 1. The van der Waals surface area contributed by atoms with Gasteiger partial charge in [0, 0.05) is 22.3 Å². The van der Waals surface area contributed by atoms with Crippen LogP contribution < -0.4 is 16.4 Å². The number of halogens is 1. The summed E-state index contributed by atoms with van der Waals surface area (Å²) < 4.78 is 0.870. The zero-order chi connectivity index (χ0) is 16.7. The number of benzene rings is 2. The lowest BCUT2D eigenvalue weighted by molar-refractivity contribution is 0.0954. The highest BCUT2D eigenvalue weighted by Gasteiger charge is 2.04. The van der Waals surface area contributed by atoms with Crippen LogP contribution in [0, 0.1) is 6.92 Å². The molecule has 0 saturated carbocycles. The average molecular weight is 375 g/mol. The number of carbonyl (C=O) groups excluding carboxylic acids is 1. The molecule has 0 bridgehead atoms. The number of hydrogen-bond acceptors (Lipinski definition) is 2. The second kappa shape index (κ2) is 8.33. The van der Waals surface area contributed by atoms with Crippen molar-refractivity contribution < 1.29 is 4.79 Å². The Hall–Kier alpha value is -2.34. The van der Waals surface area contributed by atoms with Gasteiger partial charge in [0.15, 0.2) is 5.96 Å². The van der Waals surface area contributed by atoms with Crippen LogP contribution >= 0.6 is 15.9 Å². The third kappa shape index (κ3) is 5.75. The quantitative estimate of drug-likeness (QED) is 0.427. The highest BCUT2D eigenvalue weighted by atomic mass is 79.9. The molecule has 2 aromatic carbocycles. The Labute approximate surface area is 144 Å². The Morgan fingerprint density at radius 2 is 1.96 bits per heavy atom. The number of rotatable bonds is 5. The van der Waals surface area contributed by atoms with Crippen LogP contribution in [-0.2, 0) is 0 Å². The van der Waals surface area contributed by atoms with Gasteiger partial charge in [0.25, 0.3) is 5.91 Å². The second-order valence-electron chi connectivity index (χ2n) is 5.02. The molecule has 0 spiro atoms. The maximum Gasteiger partial charge on any atom is 0.251 e. The van der Waals surface area contributed by atoms with Crippen molar-refractivity contribution in [2.24, 2.45) is 10.7 Å². The molecular weight excluding hydrogens is 356 g/mol. The normalized spacial score (nSPS) is 11.1. The molecule has 6 heteroatoms. The van der Waals surface area contributed by atoms with Crippen LogP contribution in [0.5, 0.6) is 0 Å². The minimum atomic E-state index is -0.133. The molecule has 0 aliphatic rings. The van der Waals surface area contributed by atoms with E-state index in [4.69, 9.17) is 5.73 Å². The minimum Gasteiger partial charge on any atom is -0.370 e. The van der Waals surface area contributed by atoms with Gasteiger partial charge < -0.3 is 16.4 Å². The number of anilines is 1. The molecule has 0 unspecified atom stereocenters. The number of hydrogen-bond donors (Lipinski definition) is 3. The van der Waals surface area contributed by atoms with Crippen LogP contribution in [-0.4, -0.2) is 25.0 Å². The predicted octanol–water partition coefficient (Wildman–Crippen LogP) is 2.91. The summed E-state index contributed by atoms with van der Waals surface area (Å²) in [4.78, 5) is 16.1. The minimum absolute atomic E-state index is 0.133. The molecular formula is C17H19BrN4O. The topological polar surface area (TPSA) is 79.5 Å². The van der Waals surface area contributed by atoms with Crippen LogP contribution in [0.15, 0.2) is 58.0 Å². The zero-order valence-corrected chi connectivity index (χ0v) is 14.4. The number of aliphatic imine (C=N–C) groups is 1. The van der Waals surface area contributed by atoms with E-state index in [0.717, 1.165) is 10.2 Å². The van der Waals surface area contributed by atoms with Gasteiger partial charge >= 0.3 is 0 Å². The molecule has 5 nitrogen and oxygen atoms in total. The van der Waals surface area contributed by atoms with Gasteiger partial charge in [0.05, 0.1) is 6.54 Å². The summed E-state index contributed by atoms with van der Waals surface area (Å²) in [7, 11) is 0. The standard InChI is InChI=1S/C17H19BrN4O/c1-12-5-7-15(8-6-12)22-17(19)21-10-9-20-16(23)13-3-2-4-14(18)11-13/h2-8,11H,9-10H2,1H3,(H,20,23)(H3,19,21,22). The highest BCUT2D eigenvalue weighted by Crippen LogP contribution is 2.11. The maximum atomic E-state index is 11.9. The third-order valence-corrected chi connectivity index (χ3v) is 3.58. The van der Waals surface area contributed by atoms with E-state index >= 15 is 0 Å². The zero-order valence-electron chi connectivity index (χ0n) is 12.8. The summed E-state index contributed by atoms with van der Waals surface area (Å²) in [6.07, 6.45) is 0. The first kappa shape index (κ1) is 17.0. The number of carbonyl (C=O) groups is 1. The van der Waals surface area contributed by atoms with Gasteiger partial charge in [0.1, 0.15) is 0 Å². The summed E-state index contributed by atoms with van der Waals surface area (Å²) >= 11 is 3.34. The van der Waals surface area contributed by atoms with Gasteiger partial charge in [-0.15, -0.1) is 0 Å². The van der Waals surface area contributed by atoms with Gasteiger partial charge in [-0.05, 0) is 37.3 Å². The fourth-order valence-electron chi connectivity index (χ4n) is 1.90. The van der Waals surface area contributed by atoms with Crippen LogP contribution in [0.1, 0.15) is 15.9 Å². The lowest BCUT2D eigenvalue weighted by Gasteiger charge is -2.07. The molecule has 2 aromatic rings. The SMILES string of the molecule is Cc1ccc(NC(N)=NCCNC(=O)c2cccc(Br)c2)cc1. The van der Waals surface area contributed by atoms with Crippen molar-refractivity contribution in [1.29, 1.82) is 0 Å². The predicted molar refractivity (Wildman–Crippen MR) is 97.8 cm³/mol. The van der Waals surface area contributed by atoms with Crippen LogP contribution in [0.3, 0.4) is 0 Å². The maximum absolute atomic E-state index is 11.9. The molecule has 1 amide bonds. The number of guanidine groups is 1. The van der Waals surface area contributed by atoms with Crippen LogP contribution in [0.4, 0.5) is 5.69 Å². The van der Waals surface area contributed by atoms with Gasteiger partial charge in [-0.1, -0.05) is 39.7 Å². The van der Waals surface area contributed by atoms with Gasteiger partial charge in [-0.25, -0.2) is 0 Å². The fourth-order valence-corrected chi connectivity index (χ4v) is 2.30. The summed E-state index contributed by atoms with van der Waals surface area (Å²) in [5.41, 5.74) is 8.48. The Balaban J connectivity index is 1.77. The van der Waals surface area contributed by atoms with Crippen LogP contribution in [0.25, 0.3) is 0 Å².